The summed E-state index contributed by atoms with van der Waals surface area (Å²) in [7, 11) is 1.67. The van der Waals surface area contributed by atoms with Gasteiger partial charge in [-0.2, -0.15) is 0 Å². The Morgan fingerprint density at radius 1 is 1.12 bits per heavy atom. The van der Waals surface area contributed by atoms with Crippen molar-refractivity contribution in [3.05, 3.63) is 54.1 Å². The summed E-state index contributed by atoms with van der Waals surface area (Å²) >= 11 is 0. The van der Waals surface area contributed by atoms with Crippen LogP contribution in [0.4, 0.5) is 11.4 Å². The zero-order chi connectivity index (χ0) is 17.9. The highest BCUT2D eigenvalue weighted by Gasteiger charge is 2.39. The number of fused-ring (bicyclic) bond motifs is 3. The van der Waals surface area contributed by atoms with Gasteiger partial charge in [-0.05, 0) is 48.7 Å². The molecule has 26 heavy (non-hydrogen) atoms. The number of rotatable bonds is 6. The van der Waals surface area contributed by atoms with Crippen molar-refractivity contribution in [3.63, 3.8) is 0 Å². The molecule has 0 radical (unpaired) electrons. The molecule has 0 spiro atoms. The van der Waals surface area contributed by atoms with E-state index in [4.69, 9.17) is 4.74 Å². The molecule has 3 atom stereocenters. The zero-order valence-electron chi connectivity index (χ0n) is 15.4. The van der Waals surface area contributed by atoms with E-state index in [9.17, 15) is 5.11 Å². The van der Waals surface area contributed by atoms with Crippen molar-refractivity contribution in [2.45, 2.75) is 43.7 Å². The van der Waals surface area contributed by atoms with E-state index < -0.39 is 6.10 Å². The second-order valence-corrected chi connectivity index (χ2v) is 7.43. The van der Waals surface area contributed by atoms with E-state index in [1.54, 1.807) is 7.11 Å². The average molecular weight is 352 g/mol. The fourth-order valence-corrected chi connectivity index (χ4v) is 4.56. The van der Waals surface area contributed by atoms with E-state index in [0.29, 0.717) is 25.0 Å². The van der Waals surface area contributed by atoms with Crippen LogP contribution < -0.4 is 15.0 Å². The average Bonchev–Trinajstić information content (AvgIpc) is 3.01. The minimum absolute atomic E-state index is 0.411. The Bertz CT molecular complexity index is 731. The van der Waals surface area contributed by atoms with E-state index in [0.717, 1.165) is 11.4 Å². The molecule has 4 rings (SSSR count). The zero-order valence-corrected chi connectivity index (χ0v) is 15.4. The first-order chi connectivity index (χ1) is 12.8. The maximum Gasteiger partial charge on any atom is 0.119 e. The van der Waals surface area contributed by atoms with Crippen molar-refractivity contribution in [2.75, 3.05) is 30.4 Å². The molecule has 138 valence electrons. The van der Waals surface area contributed by atoms with Crippen LogP contribution in [0.25, 0.3) is 0 Å². The van der Waals surface area contributed by atoms with Crippen LogP contribution >= 0.6 is 0 Å². The molecule has 0 saturated heterocycles. The van der Waals surface area contributed by atoms with Crippen molar-refractivity contribution in [3.8, 4) is 5.75 Å². The monoisotopic (exact) mass is 352 g/mol. The molecule has 1 saturated carbocycles. The van der Waals surface area contributed by atoms with E-state index >= 15 is 0 Å². The normalized spacial score (nSPS) is 22.5. The lowest BCUT2D eigenvalue weighted by atomic mass is 9.82. The quantitative estimate of drug-likeness (QED) is 0.824. The number of hydrogen-bond acceptors (Lipinski definition) is 4. The predicted molar refractivity (Wildman–Crippen MR) is 106 cm³/mol. The third-order valence-corrected chi connectivity index (χ3v) is 5.81. The number of aliphatic hydroxyl groups is 1. The summed E-state index contributed by atoms with van der Waals surface area (Å²) in [6.45, 7) is 1.23. The molecule has 2 aromatic carbocycles. The highest BCUT2D eigenvalue weighted by atomic mass is 16.5. The summed E-state index contributed by atoms with van der Waals surface area (Å²) in [6, 6.07) is 17.1. The van der Waals surface area contributed by atoms with Crippen LogP contribution in [-0.4, -0.2) is 37.5 Å². The Hall–Kier alpha value is -2.20. The van der Waals surface area contributed by atoms with Gasteiger partial charge in [-0.25, -0.2) is 0 Å². The molecule has 1 fully saturated rings. The summed E-state index contributed by atoms with van der Waals surface area (Å²) in [4.78, 5) is 2.46. The minimum atomic E-state index is -0.411. The molecule has 2 N–H and O–H groups in total. The highest BCUT2D eigenvalue weighted by Crippen LogP contribution is 2.47. The molecule has 2 aromatic rings. The van der Waals surface area contributed by atoms with Gasteiger partial charge in [0.25, 0.3) is 0 Å². The predicted octanol–water partition coefficient (Wildman–Crippen LogP) is 4.01. The van der Waals surface area contributed by atoms with Crippen LogP contribution in [-0.2, 0) is 0 Å². The van der Waals surface area contributed by atoms with Crippen molar-refractivity contribution >= 4 is 11.4 Å². The summed E-state index contributed by atoms with van der Waals surface area (Å²) in [5.41, 5.74) is 3.81. The Labute approximate surface area is 155 Å². The topological polar surface area (TPSA) is 44.7 Å². The first-order valence-corrected chi connectivity index (χ1v) is 9.68. The smallest absolute Gasteiger partial charge is 0.119 e. The second kappa shape index (κ2) is 7.58. The van der Waals surface area contributed by atoms with Crippen molar-refractivity contribution in [2.24, 2.45) is 0 Å². The highest BCUT2D eigenvalue weighted by molar-refractivity contribution is 5.62. The Morgan fingerprint density at radius 3 is 2.69 bits per heavy atom. The fourth-order valence-electron chi connectivity index (χ4n) is 4.56. The lowest BCUT2D eigenvalue weighted by Gasteiger charge is -2.35. The van der Waals surface area contributed by atoms with Crippen molar-refractivity contribution < 1.29 is 9.84 Å². The van der Waals surface area contributed by atoms with E-state index in [2.05, 4.69) is 34.5 Å². The van der Waals surface area contributed by atoms with Gasteiger partial charge >= 0.3 is 0 Å². The Balaban J connectivity index is 1.40. The molecule has 0 unspecified atom stereocenters. The van der Waals surface area contributed by atoms with Gasteiger partial charge in [0.05, 0.1) is 13.2 Å². The van der Waals surface area contributed by atoms with Crippen LogP contribution in [0.3, 0.4) is 0 Å². The third-order valence-electron chi connectivity index (χ3n) is 5.81. The first-order valence-electron chi connectivity index (χ1n) is 9.68. The number of nitrogens with one attached hydrogen (secondary N) is 1. The summed E-state index contributed by atoms with van der Waals surface area (Å²) in [5, 5.41) is 14.0. The number of β-amino-alcohol motifs (C(OH)–C–C–N with tert-alkyl or cyclic N) is 1. The SMILES string of the molecule is COc1ccc(NC[C@H](O)CN2c3ccccc3[C@@H]3CCCC[C@@H]32)cc1. The van der Waals surface area contributed by atoms with Crippen molar-refractivity contribution in [1.82, 2.24) is 0 Å². The Morgan fingerprint density at radius 2 is 1.88 bits per heavy atom. The molecule has 4 heteroatoms. The molecule has 1 aliphatic carbocycles. The van der Waals surface area contributed by atoms with Crippen LogP contribution in [0.5, 0.6) is 5.75 Å². The van der Waals surface area contributed by atoms with E-state index in [1.165, 1.54) is 36.9 Å². The number of benzene rings is 2. The number of para-hydroxylation sites is 1. The lowest BCUT2D eigenvalue weighted by Crippen LogP contribution is -2.42. The summed E-state index contributed by atoms with van der Waals surface area (Å²) in [5.74, 6) is 1.48. The van der Waals surface area contributed by atoms with Gasteiger partial charge in [0.1, 0.15) is 5.75 Å². The molecule has 0 amide bonds. The number of methoxy groups -OCH3 is 1. The lowest BCUT2D eigenvalue weighted by molar-refractivity contribution is 0.187. The molecular weight excluding hydrogens is 324 g/mol. The Kier molecular flexibility index (Phi) is 5.02. The van der Waals surface area contributed by atoms with E-state index in [-0.39, 0.29) is 0 Å². The number of ether oxygens (including phenoxy) is 1. The fraction of sp³-hybridized carbons (Fsp3) is 0.455. The molecule has 0 aromatic heterocycles. The van der Waals surface area contributed by atoms with E-state index in [1.807, 2.05) is 24.3 Å². The molecular formula is C22H28N2O2. The van der Waals surface area contributed by atoms with Crippen LogP contribution in [0.1, 0.15) is 37.2 Å². The number of anilines is 2. The van der Waals surface area contributed by atoms with Crippen LogP contribution in [0, 0.1) is 0 Å². The number of hydrogen-bond donors (Lipinski definition) is 2. The van der Waals surface area contributed by atoms with Gasteiger partial charge in [-0.1, -0.05) is 31.0 Å². The maximum absolute atomic E-state index is 10.7. The summed E-state index contributed by atoms with van der Waals surface area (Å²) < 4.78 is 5.18. The van der Waals surface area contributed by atoms with Gasteiger partial charge in [0.2, 0.25) is 0 Å². The van der Waals surface area contributed by atoms with Gasteiger partial charge < -0.3 is 20.1 Å². The number of nitrogens with zero attached hydrogens (tertiary/aromatic N) is 1. The van der Waals surface area contributed by atoms with Gasteiger partial charge in [-0.3, -0.25) is 0 Å². The third kappa shape index (κ3) is 3.38. The van der Waals surface area contributed by atoms with Gasteiger partial charge in [0.15, 0.2) is 0 Å². The van der Waals surface area contributed by atoms with Crippen molar-refractivity contribution in [1.29, 1.82) is 0 Å². The van der Waals surface area contributed by atoms with Crippen LogP contribution in [0.2, 0.25) is 0 Å². The molecule has 2 aliphatic rings. The van der Waals surface area contributed by atoms with Gasteiger partial charge in [-0.15, -0.1) is 0 Å². The second-order valence-electron chi connectivity index (χ2n) is 7.43. The molecule has 1 aliphatic heterocycles. The van der Waals surface area contributed by atoms with Gasteiger partial charge in [0, 0.05) is 36.4 Å². The van der Waals surface area contributed by atoms with Crippen LogP contribution in [0.15, 0.2) is 48.5 Å². The standard InChI is InChI=1S/C22H28N2O2/c1-26-18-12-10-16(11-13-18)23-14-17(25)15-24-21-8-4-2-6-19(21)20-7-3-5-9-22(20)24/h2,4,6,8,10-13,17,20,22-23,25H,3,5,7,9,14-15H2,1H3/t17-,20-,22-/m0/s1. The first kappa shape index (κ1) is 17.2. The molecule has 1 heterocycles. The minimum Gasteiger partial charge on any atom is -0.497 e. The molecule has 0 bridgehead atoms. The largest absolute Gasteiger partial charge is 0.497 e. The molecule has 4 nitrogen and oxygen atoms in total. The summed E-state index contributed by atoms with van der Waals surface area (Å²) in [6.07, 6.45) is 4.72. The maximum atomic E-state index is 10.7. The number of aliphatic hydroxyl groups excluding tert-OH is 1.